The van der Waals surface area contributed by atoms with Gasteiger partial charge in [-0.05, 0) is 63.5 Å². The molecule has 26 heavy (non-hydrogen) atoms. The van der Waals surface area contributed by atoms with E-state index in [2.05, 4.69) is 56.6 Å². The molecule has 134 valence electrons. The van der Waals surface area contributed by atoms with E-state index in [-0.39, 0.29) is 0 Å². The van der Waals surface area contributed by atoms with Crippen LogP contribution in [0.2, 0.25) is 0 Å². The zero-order valence-corrected chi connectivity index (χ0v) is 15.3. The zero-order chi connectivity index (χ0) is 17.9. The molecule has 1 aromatic carbocycles. The van der Waals surface area contributed by atoms with Gasteiger partial charge in [0.1, 0.15) is 12.1 Å². The summed E-state index contributed by atoms with van der Waals surface area (Å²) in [5, 5.41) is 12.6. The molecular weight excluding hydrogens is 324 g/mol. The Balaban J connectivity index is 1.59. The van der Waals surface area contributed by atoms with Gasteiger partial charge < -0.3 is 10.2 Å². The molecule has 1 aliphatic rings. The summed E-state index contributed by atoms with van der Waals surface area (Å²) in [6, 6.07) is 9.38. The van der Waals surface area contributed by atoms with Gasteiger partial charge in [-0.1, -0.05) is 6.07 Å². The van der Waals surface area contributed by atoms with Crippen LogP contribution in [-0.4, -0.2) is 51.2 Å². The van der Waals surface area contributed by atoms with Gasteiger partial charge in [0.25, 0.3) is 0 Å². The van der Waals surface area contributed by atoms with Crippen molar-refractivity contribution < 1.29 is 0 Å². The number of rotatable bonds is 4. The van der Waals surface area contributed by atoms with Crippen molar-refractivity contribution in [3.63, 3.8) is 0 Å². The molecule has 3 aromatic rings. The number of fused-ring (bicyclic) bond motifs is 1. The van der Waals surface area contributed by atoms with Gasteiger partial charge in [0.15, 0.2) is 0 Å². The van der Waals surface area contributed by atoms with Crippen molar-refractivity contribution in [3.8, 4) is 11.1 Å². The normalized spacial score (nSPS) is 20.4. The largest absolute Gasteiger partial charge is 0.367 e. The van der Waals surface area contributed by atoms with Crippen LogP contribution in [0.3, 0.4) is 0 Å². The van der Waals surface area contributed by atoms with Crippen LogP contribution in [0, 0.1) is 0 Å². The van der Waals surface area contributed by atoms with E-state index in [4.69, 9.17) is 0 Å². The quantitative estimate of drug-likeness (QED) is 0.780. The molecule has 4 rings (SSSR count). The Morgan fingerprint density at radius 2 is 1.81 bits per heavy atom. The fourth-order valence-corrected chi connectivity index (χ4v) is 3.74. The molecule has 0 radical (unpaired) electrons. The molecule has 0 aliphatic heterocycles. The van der Waals surface area contributed by atoms with Crippen molar-refractivity contribution in [2.24, 2.45) is 0 Å². The topological polar surface area (TPSA) is 66.8 Å². The van der Waals surface area contributed by atoms with E-state index in [0.29, 0.717) is 12.1 Å². The first kappa shape index (κ1) is 16.8. The fourth-order valence-electron chi connectivity index (χ4n) is 3.74. The minimum atomic E-state index is 0.468. The van der Waals surface area contributed by atoms with E-state index in [0.717, 1.165) is 27.8 Å². The Kier molecular flexibility index (Phi) is 4.75. The lowest BCUT2D eigenvalue weighted by atomic mass is 9.90. The zero-order valence-electron chi connectivity index (χ0n) is 15.3. The van der Waals surface area contributed by atoms with E-state index in [9.17, 15) is 0 Å². The summed E-state index contributed by atoms with van der Waals surface area (Å²) in [6.45, 7) is 0. The maximum Gasteiger partial charge on any atom is 0.137 e. The Morgan fingerprint density at radius 1 is 0.962 bits per heavy atom. The van der Waals surface area contributed by atoms with Gasteiger partial charge in [0.2, 0.25) is 0 Å². The third-order valence-corrected chi connectivity index (χ3v) is 5.32. The second-order valence-corrected chi connectivity index (χ2v) is 7.20. The molecule has 0 bridgehead atoms. The second-order valence-electron chi connectivity index (χ2n) is 7.20. The number of nitrogens with zero attached hydrogens (tertiary/aromatic N) is 5. The van der Waals surface area contributed by atoms with Crippen LogP contribution in [0.25, 0.3) is 22.0 Å². The van der Waals surface area contributed by atoms with Crippen molar-refractivity contribution >= 4 is 16.7 Å². The van der Waals surface area contributed by atoms with Gasteiger partial charge in [-0.25, -0.2) is 9.97 Å². The number of hydrogen-bond donors (Lipinski definition) is 1. The van der Waals surface area contributed by atoms with Crippen LogP contribution in [-0.2, 0) is 0 Å². The molecule has 1 aliphatic carbocycles. The highest BCUT2D eigenvalue weighted by atomic mass is 15.1. The molecule has 6 heteroatoms. The average molecular weight is 348 g/mol. The monoisotopic (exact) mass is 348 g/mol. The van der Waals surface area contributed by atoms with Crippen molar-refractivity contribution in [2.45, 2.75) is 37.8 Å². The molecular formula is C20H24N6. The highest BCUT2D eigenvalue weighted by Gasteiger charge is 2.23. The van der Waals surface area contributed by atoms with E-state index in [1.165, 1.54) is 25.7 Å². The molecule has 1 saturated carbocycles. The first-order valence-electron chi connectivity index (χ1n) is 9.15. The Morgan fingerprint density at radius 3 is 2.54 bits per heavy atom. The summed E-state index contributed by atoms with van der Waals surface area (Å²) in [7, 11) is 4.34. The minimum absolute atomic E-state index is 0.468. The Bertz CT molecular complexity index is 872. The summed E-state index contributed by atoms with van der Waals surface area (Å²) in [5.74, 6) is 0.923. The summed E-state index contributed by atoms with van der Waals surface area (Å²) < 4.78 is 0. The smallest absolute Gasteiger partial charge is 0.137 e. The SMILES string of the molecule is CN(C)[C@H]1CC[C@H](Nc2ncnc3ccc(-c4ccnnc4)cc23)CC1. The molecule has 6 nitrogen and oxygen atoms in total. The molecule has 0 unspecified atom stereocenters. The van der Waals surface area contributed by atoms with Crippen LogP contribution < -0.4 is 5.32 Å². The molecule has 0 spiro atoms. The van der Waals surface area contributed by atoms with Crippen molar-refractivity contribution in [1.29, 1.82) is 0 Å². The predicted molar refractivity (Wildman–Crippen MR) is 104 cm³/mol. The third kappa shape index (κ3) is 3.51. The molecule has 2 aromatic heterocycles. The summed E-state index contributed by atoms with van der Waals surface area (Å²) in [4.78, 5) is 11.3. The maximum atomic E-state index is 4.53. The average Bonchev–Trinajstić information content (AvgIpc) is 2.69. The molecule has 0 amide bonds. The van der Waals surface area contributed by atoms with Crippen molar-refractivity contribution in [2.75, 3.05) is 19.4 Å². The van der Waals surface area contributed by atoms with Gasteiger partial charge in [0.05, 0.1) is 17.9 Å². The van der Waals surface area contributed by atoms with Gasteiger partial charge in [0, 0.05) is 23.0 Å². The lowest BCUT2D eigenvalue weighted by Crippen LogP contribution is -2.36. The molecule has 1 fully saturated rings. The van der Waals surface area contributed by atoms with E-state index in [1.54, 1.807) is 18.7 Å². The van der Waals surface area contributed by atoms with Gasteiger partial charge in [-0.15, -0.1) is 0 Å². The van der Waals surface area contributed by atoms with Crippen molar-refractivity contribution in [3.05, 3.63) is 43.0 Å². The molecule has 0 saturated heterocycles. The summed E-state index contributed by atoms with van der Waals surface area (Å²) in [5.41, 5.74) is 3.10. The lowest BCUT2D eigenvalue weighted by Gasteiger charge is -2.33. The number of hydrogen-bond acceptors (Lipinski definition) is 6. The second kappa shape index (κ2) is 7.33. The number of anilines is 1. The number of nitrogens with one attached hydrogen (secondary N) is 1. The lowest BCUT2D eigenvalue weighted by molar-refractivity contribution is 0.221. The Hall–Kier alpha value is -2.60. The van der Waals surface area contributed by atoms with Crippen LogP contribution in [0.1, 0.15) is 25.7 Å². The fraction of sp³-hybridized carbons (Fsp3) is 0.400. The van der Waals surface area contributed by atoms with Crippen LogP contribution in [0.4, 0.5) is 5.82 Å². The van der Waals surface area contributed by atoms with Crippen LogP contribution >= 0.6 is 0 Å². The number of aromatic nitrogens is 4. The maximum absolute atomic E-state index is 4.53. The van der Waals surface area contributed by atoms with Crippen molar-refractivity contribution in [1.82, 2.24) is 25.1 Å². The molecule has 1 N–H and O–H groups in total. The van der Waals surface area contributed by atoms with Gasteiger partial charge in [-0.2, -0.15) is 10.2 Å². The highest BCUT2D eigenvalue weighted by molar-refractivity contribution is 5.92. The van der Waals surface area contributed by atoms with E-state index < -0.39 is 0 Å². The van der Waals surface area contributed by atoms with Crippen LogP contribution in [0.5, 0.6) is 0 Å². The summed E-state index contributed by atoms with van der Waals surface area (Å²) in [6.07, 6.45) is 9.92. The predicted octanol–water partition coefficient (Wildman–Crippen LogP) is 3.37. The number of benzene rings is 1. The highest BCUT2D eigenvalue weighted by Crippen LogP contribution is 2.29. The third-order valence-electron chi connectivity index (χ3n) is 5.32. The standard InChI is InChI=1S/C20H24N6/c1-26(2)17-6-4-16(5-7-17)25-20-18-11-14(15-9-10-23-24-12-15)3-8-19(18)21-13-22-20/h3,8-13,16-17H,4-7H2,1-2H3,(H,21,22,25)/t16-,17-. The molecule has 0 atom stereocenters. The van der Waals surface area contributed by atoms with Gasteiger partial charge >= 0.3 is 0 Å². The summed E-state index contributed by atoms with van der Waals surface area (Å²) >= 11 is 0. The van der Waals surface area contributed by atoms with Gasteiger partial charge in [-0.3, -0.25) is 0 Å². The van der Waals surface area contributed by atoms with Crippen LogP contribution in [0.15, 0.2) is 43.0 Å². The minimum Gasteiger partial charge on any atom is -0.367 e. The van der Waals surface area contributed by atoms with E-state index >= 15 is 0 Å². The molecule has 2 heterocycles. The Labute approximate surface area is 153 Å². The van der Waals surface area contributed by atoms with E-state index in [1.807, 2.05) is 12.1 Å². The first-order valence-corrected chi connectivity index (χ1v) is 9.15. The first-order chi connectivity index (χ1) is 12.7.